The van der Waals surface area contributed by atoms with Crippen LogP contribution in [0.2, 0.25) is 0 Å². The van der Waals surface area contributed by atoms with E-state index in [-0.39, 0.29) is 12.2 Å². The van der Waals surface area contributed by atoms with Crippen molar-refractivity contribution in [1.29, 1.82) is 0 Å². The molecule has 0 aliphatic heterocycles. The van der Waals surface area contributed by atoms with E-state index < -0.39 is 22.4 Å². The molecule has 0 saturated heterocycles. The molecule has 0 spiro atoms. The van der Waals surface area contributed by atoms with Gasteiger partial charge >= 0.3 is 16.4 Å². The topological polar surface area (TPSA) is 167 Å². The average molecular weight is 623 g/mol. The molecular weight excluding hydrogens is 608 g/mol. The van der Waals surface area contributed by atoms with E-state index >= 15 is 0 Å². The Labute approximate surface area is 182 Å². The van der Waals surface area contributed by atoms with Gasteiger partial charge in [-0.2, -0.15) is 8.42 Å². The maximum atomic E-state index is 10.8. The van der Waals surface area contributed by atoms with Gasteiger partial charge in [0, 0.05) is 0 Å². The molecule has 148 valence electrons. The molecule has 9 nitrogen and oxygen atoms in total. The summed E-state index contributed by atoms with van der Waals surface area (Å²) >= 11 is 4.15. The van der Waals surface area contributed by atoms with Crippen LogP contribution in [-0.2, 0) is 21.6 Å². The number of halogens is 2. The normalized spacial score (nSPS) is 11.9. The fourth-order valence-electron chi connectivity index (χ4n) is 1.77. The van der Waals surface area contributed by atoms with Crippen LogP contribution in [0.4, 0.5) is 0 Å². The quantitative estimate of drug-likeness (QED) is 0.249. The minimum Gasteiger partial charge on any atom is -0.507 e. The highest BCUT2D eigenvalue weighted by atomic mass is 127. The number of carboxylic acid groups (broad SMARTS) is 1. The third-order valence-electron chi connectivity index (χ3n) is 2.92. The molecule has 0 aliphatic rings. The fourth-order valence-corrected chi connectivity index (χ4v) is 2.95. The van der Waals surface area contributed by atoms with Crippen molar-refractivity contribution in [3.63, 3.8) is 0 Å². The van der Waals surface area contributed by atoms with Crippen LogP contribution < -0.4 is 10.5 Å². The molecule has 12 heteroatoms. The Balaban J connectivity index is 0.000000646. The van der Waals surface area contributed by atoms with Gasteiger partial charge in [-0.1, -0.05) is 6.07 Å². The molecule has 6 N–H and O–H groups in total. The number of phenols is 1. The van der Waals surface area contributed by atoms with Crippen molar-refractivity contribution in [3.05, 3.63) is 49.1 Å². The Morgan fingerprint density at radius 1 is 1.11 bits per heavy atom. The van der Waals surface area contributed by atoms with Crippen molar-refractivity contribution >= 4 is 61.6 Å². The molecule has 0 amide bonds. The van der Waals surface area contributed by atoms with Gasteiger partial charge < -0.3 is 20.7 Å². The first kappa shape index (κ1) is 23.8. The van der Waals surface area contributed by atoms with Crippen LogP contribution in [0, 0.1) is 7.14 Å². The summed E-state index contributed by atoms with van der Waals surface area (Å²) in [6.45, 7) is 0. The highest BCUT2D eigenvalue weighted by Crippen LogP contribution is 2.31. The van der Waals surface area contributed by atoms with E-state index in [1.165, 1.54) is 0 Å². The minimum absolute atomic E-state index is 0.209. The molecular formula is C15H15I2NO8S. The first-order valence-corrected chi connectivity index (χ1v) is 10.6. The van der Waals surface area contributed by atoms with Gasteiger partial charge in [-0.3, -0.25) is 13.9 Å². The molecule has 1 atom stereocenters. The summed E-state index contributed by atoms with van der Waals surface area (Å²) in [5.41, 5.74) is 6.37. The van der Waals surface area contributed by atoms with Crippen molar-refractivity contribution in [2.75, 3.05) is 0 Å². The summed E-state index contributed by atoms with van der Waals surface area (Å²) in [5.74, 6) is 0.472. The molecule has 2 aromatic rings. The van der Waals surface area contributed by atoms with Gasteiger partial charge in [0.15, 0.2) is 0 Å². The molecule has 0 saturated carbocycles. The number of rotatable bonds is 5. The molecule has 0 fully saturated rings. The summed E-state index contributed by atoms with van der Waals surface area (Å²) < 4.78 is 38.9. The highest BCUT2D eigenvalue weighted by molar-refractivity contribution is 14.1. The number of hydrogen-bond acceptors (Lipinski definition) is 6. The monoisotopic (exact) mass is 623 g/mol. The van der Waals surface area contributed by atoms with E-state index in [4.69, 9.17) is 33.1 Å². The van der Waals surface area contributed by atoms with Gasteiger partial charge in [-0.25, -0.2) is 0 Å². The highest BCUT2D eigenvalue weighted by Gasteiger charge is 2.13. The van der Waals surface area contributed by atoms with E-state index in [0.717, 1.165) is 9.13 Å². The van der Waals surface area contributed by atoms with Gasteiger partial charge in [-0.05, 0) is 87.5 Å². The Hall–Kier alpha value is -1.20. The van der Waals surface area contributed by atoms with E-state index in [1.807, 2.05) is 28.7 Å². The minimum atomic E-state index is -4.67. The Kier molecular flexibility index (Phi) is 9.16. The standard InChI is InChI=1S/C15H13I2NO4.H2O4S/c16-10-7-9(2-3-13(10)19)22-14-4-1-8(5-11(14)17)6-12(18)15(20)21;1-5(2,3)4/h1-5,7,12,19H,6,18H2,(H,20,21);(H2,1,2,3,4)/t12-;/m0./s1. The lowest BCUT2D eigenvalue weighted by atomic mass is 10.1. The van der Waals surface area contributed by atoms with Crippen molar-refractivity contribution < 1.29 is 37.3 Å². The maximum Gasteiger partial charge on any atom is 0.394 e. The van der Waals surface area contributed by atoms with E-state index in [1.54, 1.807) is 30.3 Å². The smallest absolute Gasteiger partial charge is 0.394 e. The first-order chi connectivity index (χ1) is 12.4. The van der Waals surface area contributed by atoms with Gasteiger partial charge in [0.25, 0.3) is 0 Å². The predicted molar refractivity (Wildman–Crippen MR) is 114 cm³/mol. The number of ether oxygens (including phenoxy) is 1. The maximum absolute atomic E-state index is 10.8. The molecule has 0 radical (unpaired) electrons. The van der Waals surface area contributed by atoms with Crippen LogP contribution in [0.3, 0.4) is 0 Å². The lowest BCUT2D eigenvalue weighted by molar-refractivity contribution is -0.138. The molecule has 27 heavy (non-hydrogen) atoms. The van der Waals surface area contributed by atoms with Crippen LogP contribution in [0.1, 0.15) is 5.56 Å². The van der Waals surface area contributed by atoms with Crippen LogP contribution in [0.5, 0.6) is 17.2 Å². The van der Waals surface area contributed by atoms with Crippen LogP contribution >= 0.6 is 45.2 Å². The van der Waals surface area contributed by atoms with Gasteiger partial charge in [0.2, 0.25) is 0 Å². The van der Waals surface area contributed by atoms with Crippen LogP contribution in [-0.4, -0.2) is 39.7 Å². The second-order valence-electron chi connectivity index (χ2n) is 5.08. The zero-order valence-corrected chi connectivity index (χ0v) is 18.5. The largest absolute Gasteiger partial charge is 0.507 e. The Bertz CT molecular complexity index is 912. The predicted octanol–water partition coefficient (Wildman–Crippen LogP) is 2.70. The van der Waals surface area contributed by atoms with Gasteiger partial charge in [0.05, 0.1) is 7.14 Å². The second kappa shape index (κ2) is 10.4. The second-order valence-corrected chi connectivity index (χ2v) is 8.30. The summed E-state index contributed by atoms with van der Waals surface area (Å²) in [4.78, 5) is 10.8. The number of carbonyl (C=O) groups is 1. The third kappa shape index (κ3) is 9.52. The van der Waals surface area contributed by atoms with E-state index in [0.29, 0.717) is 15.1 Å². The third-order valence-corrected chi connectivity index (χ3v) is 4.62. The summed E-state index contributed by atoms with van der Waals surface area (Å²) in [7, 11) is -4.67. The molecule has 0 heterocycles. The number of aromatic hydroxyl groups is 1. The number of nitrogens with two attached hydrogens (primary N) is 1. The van der Waals surface area contributed by atoms with Crippen molar-refractivity contribution in [2.45, 2.75) is 12.5 Å². The van der Waals surface area contributed by atoms with Crippen LogP contribution in [0.25, 0.3) is 0 Å². The van der Waals surface area contributed by atoms with Crippen molar-refractivity contribution in [1.82, 2.24) is 0 Å². The number of aliphatic carboxylic acids is 1. The average Bonchev–Trinajstić information content (AvgIpc) is 2.52. The summed E-state index contributed by atoms with van der Waals surface area (Å²) in [6, 6.07) is 9.51. The first-order valence-electron chi connectivity index (χ1n) is 7.00. The Morgan fingerprint density at radius 2 is 1.70 bits per heavy atom. The lowest BCUT2D eigenvalue weighted by Crippen LogP contribution is -2.32. The molecule has 0 aromatic heterocycles. The van der Waals surface area contributed by atoms with Crippen LogP contribution in [0.15, 0.2) is 36.4 Å². The molecule has 0 unspecified atom stereocenters. The lowest BCUT2D eigenvalue weighted by Gasteiger charge is -2.11. The van der Waals surface area contributed by atoms with Crippen molar-refractivity contribution in [3.8, 4) is 17.2 Å². The Morgan fingerprint density at radius 3 is 2.19 bits per heavy atom. The molecule has 2 rings (SSSR count). The summed E-state index contributed by atoms with van der Waals surface area (Å²) in [6.07, 6.45) is 0.267. The zero-order chi connectivity index (χ0) is 20.8. The van der Waals surface area contributed by atoms with E-state index in [9.17, 15) is 9.90 Å². The van der Waals surface area contributed by atoms with Gasteiger partial charge in [0.1, 0.15) is 23.3 Å². The van der Waals surface area contributed by atoms with Gasteiger partial charge in [-0.15, -0.1) is 0 Å². The molecule has 2 aromatic carbocycles. The SMILES string of the molecule is N[C@@H](Cc1ccc(Oc2ccc(O)c(I)c2)c(I)c1)C(=O)O.O=S(=O)(O)O. The number of hydrogen-bond donors (Lipinski definition) is 5. The fraction of sp³-hybridized carbons (Fsp3) is 0.133. The van der Waals surface area contributed by atoms with E-state index in [2.05, 4.69) is 22.6 Å². The molecule has 0 bridgehead atoms. The number of carboxylic acids is 1. The number of benzene rings is 2. The number of phenolic OH excluding ortho intramolecular Hbond substituents is 1. The summed E-state index contributed by atoms with van der Waals surface area (Å²) in [5, 5.41) is 18.3. The molecule has 0 aliphatic carbocycles. The zero-order valence-electron chi connectivity index (χ0n) is 13.4. The van der Waals surface area contributed by atoms with Crippen molar-refractivity contribution in [2.24, 2.45) is 5.73 Å².